The molecule has 0 aliphatic carbocycles. The van der Waals surface area contributed by atoms with Crippen molar-refractivity contribution >= 4 is 17.6 Å². The zero-order chi connectivity index (χ0) is 21.2. The topological polar surface area (TPSA) is 44.8 Å². The molecule has 0 spiro atoms. The molecule has 3 aromatic rings. The van der Waals surface area contributed by atoms with E-state index in [0.717, 1.165) is 16.7 Å². The highest BCUT2D eigenvalue weighted by Crippen LogP contribution is 2.37. The van der Waals surface area contributed by atoms with Crippen LogP contribution in [-0.4, -0.2) is 32.4 Å². The van der Waals surface area contributed by atoms with Crippen LogP contribution in [0.3, 0.4) is 0 Å². The summed E-state index contributed by atoms with van der Waals surface area (Å²) in [4.78, 5) is 12.7. The predicted molar refractivity (Wildman–Crippen MR) is 118 cm³/mol. The lowest BCUT2D eigenvalue weighted by molar-refractivity contribution is -0.202. The minimum atomic E-state index is -1.25. The fourth-order valence-electron chi connectivity index (χ4n) is 3.26. The van der Waals surface area contributed by atoms with E-state index in [1.54, 1.807) is 6.92 Å². The summed E-state index contributed by atoms with van der Waals surface area (Å²) in [5, 5.41) is 0.661. The maximum atomic E-state index is 12.7. The van der Waals surface area contributed by atoms with Crippen LogP contribution in [0.2, 0.25) is 5.02 Å². The Labute approximate surface area is 182 Å². The highest BCUT2D eigenvalue weighted by atomic mass is 35.5. The number of hydrogen-bond donors (Lipinski definition) is 0. The third kappa shape index (κ3) is 5.28. The molecule has 30 heavy (non-hydrogen) atoms. The van der Waals surface area contributed by atoms with Crippen LogP contribution < -0.4 is 0 Å². The number of hydrogen-bond acceptors (Lipinski definition) is 4. The van der Waals surface area contributed by atoms with Gasteiger partial charge < -0.3 is 14.2 Å². The van der Waals surface area contributed by atoms with Crippen molar-refractivity contribution in [1.82, 2.24) is 0 Å². The van der Waals surface area contributed by atoms with Gasteiger partial charge in [0.15, 0.2) is 0 Å². The zero-order valence-electron chi connectivity index (χ0n) is 16.9. The summed E-state index contributed by atoms with van der Waals surface area (Å²) in [6.07, 6.45) is 0. The SMILES string of the molecule is CCOC(=O)C1(c2ccccc2-c2ccc(Cl)cc2)COCCO1.c1ccccc1. The molecule has 0 bridgehead atoms. The monoisotopic (exact) mass is 424 g/mol. The molecule has 4 rings (SSSR count). The van der Waals surface area contributed by atoms with Crippen LogP contribution in [0.15, 0.2) is 84.9 Å². The van der Waals surface area contributed by atoms with Crippen LogP contribution in [0.5, 0.6) is 0 Å². The Kier molecular flexibility index (Phi) is 8.03. The Hall–Kier alpha value is -2.66. The van der Waals surface area contributed by atoms with E-state index in [1.165, 1.54) is 0 Å². The smallest absolute Gasteiger partial charge is 0.345 e. The van der Waals surface area contributed by atoms with Crippen LogP contribution in [0.4, 0.5) is 0 Å². The molecule has 1 heterocycles. The molecule has 4 nitrogen and oxygen atoms in total. The van der Waals surface area contributed by atoms with Crippen molar-refractivity contribution in [3.05, 3.63) is 95.5 Å². The van der Waals surface area contributed by atoms with Crippen molar-refractivity contribution in [1.29, 1.82) is 0 Å². The van der Waals surface area contributed by atoms with Gasteiger partial charge in [-0.2, -0.15) is 0 Å². The summed E-state index contributed by atoms with van der Waals surface area (Å²) in [6, 6.07) is 27.1. The fraction of sp³-hybridized carbons (Fsp3) is 0.240. The first-order valence-corrected chi connectivity index (χ1v) is 10.3. The van der Waals surface area contributed by atoms with E-state index in [0.29, 0.717) is 18.2 Å². The average molecular weight is 425 g/mol. The van der Waals surface area contributed by atoms with Crippen molar-refractivity contribution in [2.24, 2.45) is 0 Å². The van der Waals surface area contributed by atoms with Crippen LogP contribution in [0.1, 0.15) is 12.5 Å². The van der Waals surface area contributed by atoms with Crippen molar-refractivity contribution in [3.63, 3.8) is 0 Å². The maximum Gasteiger partial charge on any atom is 0.345 e. The molecule has 1 atom stereocenters. The average Bonchev–Trinajstić information content (AvgIpc) is 2.82. The number of rotatable bonds is 4. The van der Waals surface area contributed by atoms with Crippen molar-refractivity contribution in [2.75, 3.05) is 26.4 Å². The molecule has 1 fully saturated rings. The second kappa shape index (κ2) is 10.9. The van der Waals surface area contributed by atoms with Gasteiger partial charge in [0.05, 0.1) is 26.4 Å². The van der Waals surface area contributed by atoms with Gasteiger partial charge in [-0.05, 0) is 30.2 Å². The Morgan fingerprint density at radius 1 is 0.933 bits per heavy atom. The molecule has 0 saturated carbocycles. The van der Waals surface area contributed by atoms with E-state index in [9.17, 15) is 4.79 Å². The van der Waals surface area contributed by atoms with E-state index in [4.69, 9.17) is 25.8 Å². The summed E-state index contributed by atoms with van der Waals surface area (Å²) in [6.45, 7) is 3.00. The summed E-state index contributed by atoms with van der Waals surface area (Å²) < 4.78 is 16.8. The number of carbonyl (C=O) groups is 1. The third-order valence-corrected chi connectivity index (χ3v) is 4.92. The first kappa shape index (κ1) is 22.0. The Morgan fingerprint density at radius 2 is 1.57 bits per heavy atom. The summed E-state index contributed by atoms with van der Waals surface area (Å²) in [7, 11) is 0. The number of esters is 1. The molecule has 3 aromatic carbocycles. The minimum Gasteiger partial charge on any atom is -0.464 e. The van der Waals surface area contributed by atoms with Gasteiger partial charge >= 0.3 is 5.97 Å². The van der Waals surface area contributed by atoms with Crippen LogP contribution in [-0.2, 0) is 24.6 Å². The summed E-state index contributed by atoms with van der Waals surface area (Å²) in [5.74, 6) is -0.425. The maximum absolute atomic E-state index is 12.7. The first-order chi connectivity index (χ1) is 14.7. The Balaban J connectivity index is 0.000000367. The molecule has 1 aliphatic rings. The number of benzene rings is 3. The van der Waals surface area contributed by atoms with Gasteiger partial charge in [-0.3, -0.25) is 0 Å². The van der Waals surface area contributed by atoms with Gasteiger partial charge in [0.2, 0.25) is 5.60 Å². The fourth-order valence-corrected chi connectivity index (χ4v) is 3.39. The Bertz CT molecular complexity index is 893. The standard InChI is InChI=1S/C19H19ClO4.C6H6/c1-2-23-18(21)19(13-22-11-12-24-19)17-6-4-3-5-16(17)14-7-9-15(20)10-8-14;1-2-4-6-5-3-1/h3-10H,2,11-13H2,1H3;1-6H. The predicted octanol–water partition coefficient (Wildman–Crippen LogP) is 5.50. The molecule has 0 radical (unpaired) electrons. The largest absolute Gasteiger partial charge is 0.464 e. The lowest BCUT2D eigenvalue weighted by Gasteiger charge is -2.36. The van der Waals surface area contributed by atoms with E-state index >= 15 is 0 Å². The van der Waals surface area contributed by atoms with E-state index in [1.807, 2.05) is 84.9 Å². The van der Waals surface area contributed by atoms with E-state index in [2.05, 4.69) is 0 Å². The molecular formula is C25H25ClO4. The molecule has 1 aliphatic heterocycles. The quantitative estimate of drug-likeness (QED) is 0.519. The van der Waals surface area contributed by atoms with Crippen molar-refractivity contribution in [3.8, 4) is 11.1 Å². The third-order valence-electron chi connectivity index (χ3n) is 4.67. The molecule has 156 valence electrons. The molecule has 0 N–H and O–H groups in total. The first-order valence-electron chi connectivity index (χ1n) is 9.92. The number of carbonyl (C=O) groups excluding carboxylic acids is 1. The molecule has 0 amide bonds. The van der Waals surface area contributed by atoms with Gasteiger partial charge in [-0.15, -0.1) is 0 Å². The highest BCUT2D eigenvalue weighted by molar-refractivity contribution is 6.30. The van der Waals surface area contributed by atoms with Crippen LogP contribution >= 0.6 is 11.6 Å². The molecular weight excluding hydrogens is 400 g/mol. The lowest BCUT2D eigenvalue weighted by atomic mass is 9.86. The molecule has 1 unspecified atom stereocenters. The zero-order valence-corrected chi connectivity index (χ0v) is 17.7. The number of halogens is 1. The van der Waals surface area contributed by atoms with Gasteiger partial charge in [-0.25, -0.2) is 4.79 Å². The van der Waals surface area contributed by atoms with Crippen molar-refractivity contribution < 1.29 is 19.0 Å². The number of ether oxygens (including phenoxy) is 3. The van der Waals surface area contributed by atoms with Crippen LogP contribution in [0.25, 0.3) is 11.1 Å². The second-order valence-corrected chi connectivity index (χ2v) is 7.09. The van der Waals surface area contributed by atoms with Gasteiger partial charge in [-0.1, -0.05) is 84.4 Å². The molecule has 5 heteroatoms. The summed E-state index contributed by atoms with van der Waals surface area (Å²) >= 11 is 5.99. The van der Waals surface area contributed by atoms with E-state index < -0.39 is 11.6 Å². The highest BCUT2D eigenvalue weighted by Gasteiger charge is 2.46. The molecule has 0 aromatic heterocycles. The normalized spacial score (nSPS) is 18.1. The van der Waals surface area contributed by atoms with E-state index in [-0.39, 0.29) is 13.2 Å². The minimum absolute atomic E-state index is 0.135. The van der Waals surface area contributed by atoms with Crippen LogP contribution in [0, 0.1) is 0 Å². The molecule has 1 saturated heterocycles. The summed E-state index contributed by atoms with van der Waals surface area (Å²) in [5.41, 5.74) is 1.34. The van der Waals surface area contributed by atoms with Gasteiger partial charge in [0.1, 0.15) is 0 Å². The van der Waals surface area contributed by atoms with Crippen molar-refractivity contribution in [2.45, 2.75) is 12.5 Å². The van der Waals surface area contributed by atoms with Gasteiger partial charge in [0, 0.05) is 10.6 Å². The second-order valence-electron chi connectivity index (χ2n) is 6.66. The Morgan fingerprint density at radius 3 is 2.13 bits per heavy atom. The van der Waals surface area contributed by atoms with Gasteiger partial charge in [0.25, 0.3) is 0 Å². The lowest BCUT2D eigenvalue weighted by Crippen LogP contribution is -2.48.